The maximum Gasteiger partial charge on any atom is 0.325 e. The summed E-state index contributed by atoms with van der Waals surface area (Å²) >= 11 is 5.26. The molecule has 4 aromatic rings. The fraction of sp³-hybridized carbons (Fsp3) is 0.524. The molecule has 0 bridgehead atoms. The van der Waals surface area contributed by atoms with Crippen molar-refractivity contribution in [2.75, 3.05) is 12.3 Å². The van der Waals surface area contributed by atoms with Crippen LogP contribution in [-0.2, 0) is 25.6 Å². The maximum atomic E-state index is 12.1. The van der Waals surface area contributed by atoms with E-state index in [4.69, 9.17) is 31.3 Å². The van der Waals surface area contributed by atoms with Gasteiger partial charge in [-0.1, -0.05) is 12.1 Å². The molecule has 4 aromatic heterocycles. The molecule has 6 rings (SSSR count). The van der Waals surface area contributed by atoms with Crippen LogP contribution in [0.2, 0.25) is 0 Å². The van der Waals surface area contributed by atoms with Gasteiger partial charge in [-0.3, -0.25) is 14.6 Å². The second kappa shape index (κ2) is 9.85. The van der Waals surface area contributed by atoms with Crippen molar-refractivity contribution in [3.8, 4) is 0 Å². The monoisotopic (exact) mass is 579 g/mol. The SMILES string of the molecule is CC1CC2C[C@H](n3ccc4c(=O)[nH]cnc43)O[C@@H]2COP(O)(=S)O[C@@H]([C@@H](O)n2nnc3c(=O)[nH]c(N)nc32)C1. The Hall–Kier alpha value is -3.05. The first kappa shape index (κ1) is 26.2. The number of hydrogen-bond donors (Lipinski definition) is 5. The third-order valence-corrected chi connectivity index (χ3v) is 8.72. The van der Waals surface area contributed by atoms with Gasteiger partial charge in [0, 0.05) is 6.20 Å². The van der Waals surface area contributed by atoms with Crippen LogP contribution in [0.1, 0.15) is 38.6 Å². The number of fused-ring (bicyclic) bond motifs is 3. The maximum absolute atomic E-state index is 12.1. The molecule has 0 radical (unpaired) electrons. The summed E-state index contributed by atoms with van der Waals surface area (Å²) in [5.74, 6) is -0.176. The third-order valence-electron chi connectivity index (χ3n) is 7.13. The first-order chi connectivity index (χ1) is 18.6. The Morgan fingerprint density at radius 2 is 2.08 bits per heavy atom. The van der Waals surface area contributed by atoms with Gasteiger partial charge in [0.1, 0.15) is 18.0 Å². The number of anilines is 1. The number of nitrogens with one attached hydrogen (secondary N) is 2. The minimum atomic E-state index is -3.84. The molecular formula is C21H26N9O7PS. The van der Waals surface area contributed by atoms with Crippen LogP contribution in [0.15, 0.2) is 28.2 Å². The Labute approximate surface area is 224 Å². The molecule has 2 fully saturated rings. The van der Waals surface area contributed by atoms with E-state index < -0.39 is 36.9 Å². The summed E-state index contributed by atoms with van der Waals surface area (Å²) in [6.45, 7) is -1.88. The molecule has 2 aliphatic rings. The molecule has 6 N–H and O–H groups in total. The summed E-state index contributed by atoms with van der Waals surface area (Å²) in [4.78, 5) is 48.4. The largest absolute Gasteiger partial charge is 0.369 e. The number of nitrogen functional groups attached to an aromatic ring is 1. The van der Waals surface area contributed by atoms with Crippen molar-refractivity contribution < 1.29 is 23.8 Å². The van der Waals surface area contributed by atoms with Gasteiger partial charge in [0.2, 0.25) is 5.95 Å². The van der Waals surface area contributed by atoms with Crippen molar-refractivity contribution in [3.05, 3.63) is 39.3 Å². The smallest absolute Gasteiger partial charge is 0.325 e. The molecule has 18 heteroatoms. The van der Waals surface area contributed by atoms with E-state index in [9.17, 15) is 19.6 Å². The van der Waals surface area contributed by atoms with Crippen molar-refractivity contribution >= 4 is 46.7 Å². The number of aliphatic hydroxyl groups excluding tert-OH is 1. The number of H-pyrrole nitrogens is 2. The van der Waals surface area contributed by atoms with Crippen molar-refractivity contribution in [2.24, 2.45) is 11.8 Å². The van der Waals surface area contributed by atoms with Gasteiger partial charge in [0.25, 0.3) is 11.1 Å². The van der Waals surface area contributed by atoms with Gasteiger partial charge in [0.05, 0.1) is 24.4 Å². The molecule has 7 atom stereocenters. The predicted molar refractivity (Wildman–Crippen MR) is 140 cm³/mol. The summed E-state index contributed by atoms with van der Waals surface area (Å²) in [7, 11) is 0. The van der Waals surface area contributed by atoms with Gasteiger partial charge in [-0.15, -0.1) is 5.10 Å². The standard InChI is InChI=1S/C21H26N9O7PS/c1-9-4-10-6-14(29-3-2-11-16(29)23-8-24-18(11)31)36-13(10)7-35-38(34,39)37-12(5-9)20(33)30-17-15(27-28-30)19(32)26-21(22)25-17/h2-3,8-10,12-14,20,33H,4-7H2,1H3,(H,34,39)(H,23,24,31)(H3,22,25,26,32)/t9?,10?,12-,13-,14-,20-,38?/m1/s1. The van der Waals surface area contributed by atoms with Crippen molar-refractivity contribution in [1.82, 2.24) is 39.5 Å². The summed E-state index contributed by atoms with van der Waals surface area (Å²) in [6, 6.07) is 1.69. The molecule has 6 heterocycles. The summed E-state index contributed by atoms with van der Waals surface area (Å²) in [6.07, 6.45) is 1.32. The second-order valence-electron chi connectivity index (χ2n) is 9.87. The van der Waals surface area contributed by atoms with E-state index in [1.165, 1.54) is 6.33 Å². The lowest BCUT2D eigenvalue weighted by molar-refractivity contribution is -0.0585. The van der Waals surface area contributed by atoms with E-state index in [1.807, 2.05) is 11.5 Å². The zero-order valence-corrected chi connectivity index (χ0v) is 22.3. The van der Waals surface area contributed by atoms with Gasteiger partial charge < -0.3 is 39.1 Å². The van der Waals surface area contributed by atoms with E-state index in [0.717, 1.165) is 4.68 Å². The molecular weight excluding hydrogens is 553 g/mol. The van der Waals surface area contributed by atoms with E-state index in [0.29, 0.717) is 23.9 Å². The summed E-state index contributed by atoms with van der Waals surface area (Å²) < 4.78 is 20.6. The first-order valence-electron chi connectivity index (χ1n) is 12.2. The highest BCUT2D eigenvalue weighted by Gasteiger charge is 2.41. The highest BCUT2D eigenvalue weighted by molar-refractivity contribution is 8.07. The lowest BCUT2D eigenvalue weighted by Crippen LogP contribution is -2.32. The van der Waals surface area contributed by atoms with E-state index in [1.54, 1.807) is 12.3 Å². The number of aromatic amines is 2. The quantitative estimate of drug-likeness (QED) is 0.206. The van der Waals surface area contributed by atoms with Crippen molar-refractivity contribution in [3.63, 3.8) is 0 Å². The van der Waals surface area contributed by atoms with Gasteiger partial charge in [0.15, 0.2) is 17.4 Å². The average Bonchev–Trinajstić information content (AvgIpc) is 3.59. The van der Waals surface area contributed by atoms with Crippen LogP contribution in [0.25, 0.3) is 22.2 Å². The lowest BCUT2D eigenvalue weighted by atomic mass is 9.87. The van der Waals surface area contributed by atoms with E-state index >= 15 is 0 Å². The Morgan fingerprint density at radius 3 is 2.90 bits per heavy atom. The fourth-order valence-electron chi connectivity index (χ4n) is 5.39. The number of rotatable bonds is 3. The molecule has 0 amide bonds. The molecule has 0 saturated carbocycles. The Kier molecular flexibility index (Phi) is 6.61. The molecule has 0 aliphatic carbocycles. The average molecular weight is 580 g/mol. The van der Waals surface area contributed by atoms with Gasteiger partial charge in [-0.25, -0.2) is 4.98 Å². The van der Waals surface area contributed by atoms with E-state index in [2.05, 4.69) is 30.2 Å². The number of ether oxygens (including phenoxy) is 1. The zero-order chi connectivity index (χ0) is 27.5. The number of aromatic nitrogens is 8. The molecule has 208 valence electrons. The molecule has 3 unspecified atom stereocenters. The fourth-order valence-corrected chi connectivity index (χ4v) is 6.83. The number of aliphatic hydroxyl groups is 1. The normalized spacial score (nSPS) is 30.9. The highest BCUT2D eigenvalue weighted by atomic mass is 32.5. The highest BCUT2D eigenvalue weighted by Crippen LogP contribution is 2.50. The van der Waals surface area contributed by atoms with Crippen LogP contribution >= 0.6 is 6.72 Å². The Morgan fingerprint density at radius 1 is 1.26 bits per heavy atom. The molecule has 2 aliphatic heterocycles. The molecule has 16 nitrogen and oxygen atoms in total. The molecule has 0 aromatic carbocycles. The number of nitrogens with zero attached hydrogens (tertiary/aromatic N) is 6. The van der Waals surface area contributed by atoms with Gasteiger partial charge in [-0.05, 0) is 49.0 Å². The van der Waals surface area contributed by atoms with Crippen LogP contribution in [0.3, 0.4) is 0 Å². The predicted octanol–water partition coefficient (Wildman–Crippen LogP) is 0.278. The third kappa shape index (κ3) is 4.91. The number of hydrogen-bond acceptors (Lipinski definition) is 12. The number of nitrogens with two attached hydrogens (primary N) is 1. The van der Waals surface area contributed by atoms with Gasteiger partial charge in [-0.2, -0.15) is 9.67 Å². The second-order valence-corrected chi connectivity index (χ2v) is 12.7. The molecule has 2 saturated heterocycles. The topological polar surface area (TPSA) is 221 Å². The van der Waals surface area contributed by atoms with Crippen LogP contribution in [0.4, 0.5) is 5.95 Å². The lowest BCUT2D eigenvalue weighted by Gasteiger charge is -2.32. The van der Waals surface area contributed by atoms with Crippen LogP contribution in [0, 0.1) is 11.8 Å². The Balaban J connectivity index is 1.26. The van der Waals surface area contributed by atoms with Crippen LogP contribution < -0.4 is 16.9 Å². The van der Waals surface area contributed by atoms with Crippen LogP contribution in [0.5, 0.6) is 0 Å². The molecule has 0 spiro atoms. The van der Waals surface area contributed by atoms with E-state index in [-0.39, 0.29) is 47.5 Å². The van der Waals surface area contributed by atoms with Crippen molar-refractivity contribution in [1.29, 1.82) is 0 Å². The zero-order valence-electron chi connectivity index (χ0n) is 20.6. The van der Waals surface area contributed by atoms with Gasteiger partial charge >= 0.3 is 6.72 Å². The minimum absolute atomic E-state index is 0.0163. The first-order valence-corrected chi connectivity index (χ1v) is 14.8. The minimum Gasteiger partial charge on any atom is -0.369 e. The summed E-state index contributed by atoms with van der Waals surface area (Å²) in [5.41, 5.74) is 5.17. The van der Waals surface area contributed by atoms with Crippen molar-refractivity contribution in [2.45, 2.75) is 50.8 Å². The molecule has 39 heavy (non-hydrogen) atoms. The summed E-state index contributed by atoms with van der Waals surface area (Å²) in [5, 5.41) is 19.3. The Bertz CT molecular complexity index is 1700. The van der Waals surface area contributed by atoms with Crippen LogP contribution in [-0.4, -0.2) is 68.3 Å².